The van der Waals surface area contributed by atoms with Crippen LogP contribution in [0, 0.1) is 0 Å². The van der Waals surface area contributed by atoms with Crippen molar-refractivity contribution in [3.63, 3.8) is 0 Å². The first kappa shape index (κ1) is 30.8. The molecule has 0 heterocycles. The van der Waals surface area contributed by atoms with Gasteiger partial charge in [0.25, 0.3) is 0 Å². The summed E-state index contributed by atoms with van der Waals surface area (Å²) in [5, 5.41) is 0.794. The summed E-state index contributed by atoms with van der Waals surface area (Å²) in [4.78, 5) is 6.08. The summed E-state index contributed by atoms with van der Waals surface area (Å²) >= 11 is 7.26. The number of anilines is 1. The number of nitrogens with one attached hydrogen (secondary N) is 1. The second-order valence-electron chi connectivity index (χ2n) is 7.58. The maximum Gasteiger partial charge on any atom is 0.0405 e. The predicted octanol–water partition coefficient (Wildman–Crippen LogP) is 8.01. The zero-order valence-corrected chi connectivity index (χ0v) is 22.8. The van der Waals surface area contributed by atoms with Crippen molar-refractivity contribution in [1.82, 2.24) is 9.62 Å². The van der Waals surface area contributed by atoms with E-state index in [2.05, 4.69) is 80.5 Å². The lowest BCUT2D eigenvalue weighted by atomic mass is 10.2. The van der Waals surface area contributed by atoms with E-state index in [4.69, 9.17) is 11.6 Å². The molecule has 0 amide bonds. The van der Waals surface area contributed by atoms with Gasteiger partial charge in [0.2, 0.25) is 0 Å². The summed E-state index contributed by atoms with van der Waals surface area (Å²) in [5.74, 6) is 0. The monoisotopic (exact) mass is 479 g/mol. The quantitative estimate of drug-likeness (QED) is 0.310. The van der Waals surface area contributed by atoms with Gasteiger partial charge in [-0.1, -0.05) is 83.3 Å². The Morgan fingerprint density at radius 2 is 1.41 bits per heavy atom. The summed E-state index contributed by atoms with van der Waals surface area (Å²) in [7, 11) is 2.11. The molecule has 5 heteroatoms. The van der Waals surface area contributed by atoms with Crippen molar-refractivity contribution in [2.75, 3.05) is 44.7 Å². The highest BCUT2D eigenvalue weighted by Gasteiger charge is 2.06. The van der Waals surface area contributed by atoms with Crippen molar-refractivity contribution < 1.29 is 0 Å². The lowest BCUT2D eigenvalue weighted by Crippen LogP contribution is -2.25. The molecule has 32 heavy (non-hydrogen) atoms. The SMILES string of the molecule is CCCCN(CCCC)c1cccc(SNCC)c1.CCN(C)CC.Clc1ccccc1. The molecule has 2 aromatic rings. The Labute approximate surface area is 208 Å². The summed E-state index contributed by atoms with van der Waals surface area (Å²) in [6, 6.07) is 18.3. The van der Waals surface area contributed by atoms with Crippen LogP contribution in [0.4, 0.5) is 5.69 Å². The molecule has 0 fully saturated rings. The van der Waals surface area contributed by atoms with Gasteiger partial charge in [-0.2, -0.15) is 0 Å². The van der Waals surface area contributed by atoms with Crippen molar-refractivity contribution in [2.24, 2.45) is 0 Å². The lowest BCUT2D eigenvalue weighted by Gasteiger charge is -2.25. The van der Waals surface area contributed by atoms with Crippen molar-refractivity contribution in [1.29, 1.82) is 0 Å². The van der Waals surface area contributed by atoms with Gasteiger partial charge in [0.05, 0.1) is 0 Å². The average molecular weight is 480 g/mol. The van der Waals surface area contributed by atoms with Gasteiger partial charge in [0.15, 0.2) is 0 Å². The minimum Gasteiger partial charge on any atom is -0.372 e. The van der Waals surface area contributed by atoms with E-state index < -0.39 is 0 Å². The second-order valence-corrected chi connectivity index (χ2v) is 8.98. The van der Waals surface area contributed by atoms with Crippen molar-refractivity contribution in [2.45, 2.75) is 65.2 Å². The molecule has 2 aromatic carbocycles. The highest BCUT2D eigenvalue weighted by atomic mass is 35.5. The van der Waals surface area contributed by atoms with E-state index in [1.54, 1.807) is 11.9 Å². The van der Waals surface area contributed by atoms with Crippen LogP contribution in [0.5, 0.6) is 0 Å². The number of hydrogen-bond donors (Lipinski definition) is 1. The Balaban J connectivity index is 0.000000599. The first-order chi connectivity index (χ1) is 15.5. The molecule has 182 valence electrons. The van der Waals surface area contributed by atoms with Gasteiger partial charge in [-0.05, 0) is 75.3 Å². The van der Waals surface area contributed by atoms with Crippen molar-refractivity contribution in [3.8, 4) is 0 Å². The predicted molar refractivity (Wildman–Crippen MR) is 148 cm³/mol. The van der Waals surface area contributed by atoms with E-state index in [0.717, 1.165) is 24.7 Å². The fourth-order valence-electron chi connectivity index (χ4n) is 2.61. The molecular formula is C27H46ClN3S. The van der Waals surface area contributed by atoms with Gasteiger partial charge in [-0.25, -0.2) is 0 Å². The van der Waals surface area contributed by atoms with Gasteiger partial charge in [0.1, 0.15) is 0 Å². The first-order valence-corrected chi connectivity index (χ1v) is 13.3. The van der Waals surface area contributed by atoms with E-state index in [9.17, 15) is 0 Å². The molecule has 0 bridgehead atoms. The van der Waals surface area contributed by atoms with Crippen LogP contribution >= 0.6 is 23.5 Å². The minimum absolute atomic E-state index is 0.794. The van der Waals surface area contributed by atoms with Crippen LogP contribution < -0.4 is 9.62 Å². The Bertz CT molecular complexity index is 642. The van der Waals surface area contributed by atoms with E-state index in [-0.39, 0.29) is 0 Å². The number of halogens is 1. The Morgan fingerprint density at radius 3 is 1.81 bits per heavy atom. The molecule has 3 nitrogen and oxygen atoms in total. The van der Waals surface area contributed by atoms with Gasteiger partial charge in [-0.15, -0.1) is 0 Å². The maximum absolute atomic E-state index is 5.54. The summed E-state index contributed by atoms with van der Waals surface area (Å²) in [5.41, 5.74) is 1.37. The molecule has 0 atom stereocenters. The Hall–Kier alpha value is -1.20. The fourth-order valence-corrected chi connectivity index (χ4v) is 3.39. The van der Waals surface area contributed by atoms with E-state index in [1.807, 2.05) is 30.3 Å². The maximum atomic E-state index is 5.54. The van der Waals surface area contributed by atoms with Gasteiger partial charge < -0.3 is 9.80 Å². The van der Waals surface area contributed by atoms with E-state index >= 15 is 0 Å². The topological polar surface area (TPSA) is 18.5 Å². The molecule has 0 unspecified atom stereocenters. The summed E-state index contributed by atoms with van der Waals surface area (Å²) in [6.45, 7) is 16.6. The third kappa shape index (κ3) is 16.4. The van der Waals surface area contributed by atoms with Crippen LogP contribution in [0.2, 0.25) is 5.02 Å². The number of nitrogens with zero attached hydrogens (tertiary/aromatic N) is 2. The standard InChI is InChI=1S/C16H28N2S.C6H5Cl.C5H13N/c1-4-7-12-18(13-8-5-2)15-10-9-11-16(14-15)19-17-6-3;7-6-4-2-1-3-5-6;1-4-6(3)5-2/h9-11,14,17H,4-8,12-13H2,1-3H3;1-5H;4-5H2,1-3H3. The lowest BCUT2D eigenvalue weighted by molar-refractivity contribution is 0.373. The largest absolute Gasteiger partial charge is 0.372 e. The molecule has 0 aliphatic rings. The smallest absolute Gasteiger partial charge is 0.0405 e. The molecule has 0 aromatic heterocycles. The zero-order valence-electron chi connectivity index (χ0n) is 21.2. The van der Waals surface area contributed by atoms with Crippen LogP contribution in [0.25, 0.3) is 0 Å². The number of rotatable bonds is 12. The zero-order chi connectivity index (χ0) is 24.0. The molecule has 0 radical (unpaired) electrons. The number of benzene rings is 2. The van der Waals surface area contributed by atoms with Crippen LogP contribution in [0.3, 0.4) is 0 Å². The van der Waals surface area contributed by atoms with Crippen LogP contribution in [0.1, 0.15) is 60.3 Å². The van der Waals surface area contributed by atoms with Gasteiger partial charge in [0, 0.05) is 35.2 Å². The second kappa shape index (κ2) is 21.6. The van der Waals surface area contributed by atoms with Gasteiger partial charge in [-0.3, -0.25) is 4.72 Å². The van der Waals surface area contributed by atoms with Crippen LogP contribution in [-0.2, 0) is 0 Å². The van der Waals surface area contributed by atoms with E-state index in [0.29, 0.717) is 0 Å². The molecule has 0 saturated carbocycles. The first-order valence-electron chi connectivity index (χ1n) is 12.2. The number of hydrogen-bond acceptors (Lipinski definition) is 4. The van der Waals surface area contributed by atoms with E-state index in [1.165, 1.54) is 49.4 Å². The minimum atomic E-state index is 0.794. The summed E-state index contributed by atoms with van der Waals surface area (Å²) < 4.78 is 3.32. The molecule has 0 aliphatic heterocycles. The van der Waals surface area contributed by atoms with Crippen molar-refractivity contribution in [3.05, 3.63) is 59.6 Å². The highest BCUT2D eigenvalue weighted by molar-refractivity contribution is 7.97. The Morgan fingerprint density at radius 1 is 0.812 bits per heavy atom. The highest BCUT2D eigenvalue weighted by Crippen LogP contribution is 2.23. The van der Waals surface area contributed by atoms with Crippen LogP contribution in [-0.4, -0.2) is 44.7 Å². The molecule has 0 saturated heterocycles. The molecular weight excluding hydrogens is 434 g/mol. The van der Waals surface area contributed by atoms with Crippen LogP contribution in [0.15, 0.2) is 59.5 Å². The molecule has 2 rings (SSSR count). The molecule has 0 aliphatic carbocycles. The van der Waals surface area contributed by atoms with Gasteiger partial charge >= 0.3 is 0 Å². The average Bonchev–Trinajstić information content (AvgIpc) is 2.83. The number of unbranched alkanes of at least 4 members (excludes halogenated alkanes) is 2. The third-order valence-corrected chi connectivity index (χ3v) is 6.07. The molecule has 1 N–H and O–H groups in total. The molecule has 0 spiro atoms. The Kier molecular flexibility index (Phi) is 20.8. The third-order valence-electron chi connectivity index (χ3n) is 4.89. The van der Waals surface area contributed by atoms with Crippen molar-refractivity contribution >= 4 is 29.2 Å². The summed E-state index contributed by atoms with van der Waals surface area (Å²) in [6.07, 6.45) is 5.06. The normalized spacial score (nSPS) is 10.1. The fraction of sp³-hybridized carbons (Fsp3) is 0.556.